The summed E-state index contributed by atoms with van der Waals surface area (Å²) in [6, 6.07) is 4.76. The lowest BCUT2D eigenvalue weighted by atomic mass is 10.0. The molecule has 0 radical (unpaired) electrons. The minimum absolute atomic E-state index is 0.0338. The van der Waals surface area contributed by atoms with E-state index in [4.69, 9.17) is 5.11 Å². The topological polar surface area (TPSA) is 43.8 Å². The van der Waals surface area contributed by atoms with Gasteiger partial charge in [-0.3, -0.25) is 9.69 Å². The van der Waals surface area contributed by atoms with Gasteiger partial charge in [0.25, 0.3) is 0 Å². The van der Waals surface area contributed by atoms with E-state index in [1.54, 1.807) is 22.9 Å². The van der Waals surface area contributed by atoms with E-state index in [1.165, 1.54) is 6.07 Å². The Morgan fingerprint density at radius 1 is 1.39 bits per heavy atom. The largest absolute Gasteiger partial charge is 0.416 e. The molecule has 1 amide bonds. The van der Waals surface area contributed by atoms with Crippen LogP contribution >= 0.6 is 0 Å². The molecule has 0 spiro atoms. The Hall–Kier alpha value is -1.60. The first-order chi connectivity index (χ1) is 10.8. The highest BCUT2D eigenvalue weighted by Gasteiger charge is 2.33. The molecule has 1 atom stereocenters. The first kappa shape index (κ1) is 17.7. The molecule has 1 heterocycles. The smallest absolute Gasteiger partial charge is 0.395 e. The zero-order valence-electron chi connectivity index (χ0n) is 13.0. The Labute approximate surface area is 133 Å². The number of hydrogen-bond acceptors (Lipinski definition) is 3. The minimum Gasteiger partial charge on any atom is -0.395 e. The number of likely N-dealkylation sites (tertiary alicyclic amines) is 1. The zero-order chi connectivity index (χ0) is 17.0. The van der Waals surface area contributed by atoms with Gasteiger partial charge in [0.15, 0.2) is 0 Å². The molecule has 1 N–H and O–H groups in total. The number of aliphatic hydroxyl groups excluding tert-OH is 1. The molecule has 7 heteroatoms. The van der Waals surface area contributed by atoms with Crippen LogP contribution < -0.4 is 0 Å². The number of carbonyl (C=O) groups is 1. The van der Waals surface area contributed by atoms with Gasteiger partial charge in [0, 0.05) is 19.6 Å². The van der Waals surface area contributed by atoms with Crippen molar-refractivity contribution in [1.29, 1.82) is 0 Å². The summed E-state index contributed by atoms with van der Waals surface area (Å²) in [6.45, 7) is 1.08. The lowest BCUT2D eigenvalue weighted by Crippen LogP contribution is -2.51. The van der Waals surface area contributed by atoms with Crippen LogP contribution in [-0.4, -0.2) is 53.6 Å². The van der Waals surface area contributed by atoms with Gasteiger partial charge in [-0.05, 0) is 37.6 Å². The molecule has 1 fully saturated rings. The average Bonchev–Trinajstić information content (AvgIpc) is 2.49. The van der Waals surface area contributed by atoms with Crippen molar-refractivity contribution < 1.29 is 23.1 Å². The monoisotopic (exact) mass is 330 g/mol. The Morgan fingerprint density at radius 3 is 2.78 bits per heavy atom. The standard InChI is InChI=1S/C16H21F3N2O2/c1-20(8-9-22)14-6-3-7-21(15(14)23)11-12-4-2-5-13(10-12)16(17,18)19/h2,4-5,10,14,22H,3,6-9,11H2,1H3. The number of aliphatic hydroxyl groups is 1. The van der Waals surface area contributed by atoms with E-state index >= 15 is 0 Å². The van der Waals surface area contributed by atoms with Crippen molar-refractivity contribution in [3.05, 3.63) is 35.4 Å². The molecule has 1 aliphatic heterocycles. The molecule has 1 unspecified atom stereocenters. The number of alkyl halides is 3. The van der Waals surface area contributed by atoms with Crippen molar-refractivity contribution in [3.63, 3.8) is 0 Å². The minimum atomic E-state index is -4.38. The second-order valence-electron chi connectivity index (χ2n) is 5.82. The van der Waals surface area contributed by atoms with E-state index in [0.717, 1.165) is 18.6 Å². The third-order valence-corrected chi connectivity index (χ3v) is 4.11. The number of piperidine rings is 1. The van der Waals surface area contributed by atoms with Crippen molar-refractivity contribution in [1.82, 2.24) is 9.80 Å². The fraction of sp³-hybridized carbons (Fsp3) is 0.562. The summed E-state index contributed by atoms with van der Waals surface area (Å²) < 4.78 is 38.3. The molecule has 0 aliphatic carbocycles. The molecule has 2 rings (SSSR count). The predicted octanol–water partition coefficient (Wildman–Crippen LogP) is 2.12. The van der Waals surface area contributed by atoms with Crippen LogP contribution in [0.25, 0.3) is 0 Å². The summed E-state index contributed by atoms with van der Waals surface area (Å²) >= 11 is 0. The number of hydrogen-bond donors (Lipinski definition) is 1. The highest BCUT2D eigenvalue weighted by molar-refractivity contribution is 5.82. The number of amides is 1. The fourth-order valence-corrected chi connectivity index (χ4v) is 2.87. The number of rotatable bonds is 5. The normalized spacial score (nSPS) is 19.5. The highest BCUT2D eigenvalue weighted by Crippen LogP contribution is 2.30. The third-order valence-electron chi connectivity index (χ3n) is 4.11. The van der Waals surface area contributed by atoms with E-state index in [0.29, 0.717) is 25.1 Å². The maximum atomic E-state index is 12.8. The SMILES string of the molecule is CN(CCO)C1CCCN(Cc2cccc(C(F)(F)F)c2)C1=O. The van der Waals surface area contributed by atoms with Gasteiger partial charge in [-0.15, -0.1) is 0 Å². The van der Waals surface area contributed by atoms with Crippen LogP contribution in [-0.2, 0) is 17.5 Å². The number of benzene rings is 1. The molecule has 128 valence electrons. The van der Waals surface area contributed by atoms with Crippen molar-refractivity contribution in [2.45, 2.75) is 31.6 Å². The van der Waals surface area contributed by atoms with Gasteiger partial charge in [0.1, 0.15) is 0 Å². The first-order valence-electron chi connectivity index (χ1n) is 7.59. The van der Waals surface area contributed by atoms with Gasteiger partial charge in [-0.2, -0.15) is 13.2 Å². The van der Waals surface area contributed by atoms with Crippen molar-refractivity contribution in [2.75, 3.05) is 26.7 Å². The third kappa shape index (κ3) is 4.45. The van der Waals surface area contributed by atoms with E-state index < -0.39 is 11.7 Å². The molecule has 0 aromatic heterocycles. The Balaban J connectivity index is 2.09. The quantitative estimate of drug-likeness (QED) is 0.899. The summed E-state index contributed by atoms with van der Waals surface area (Å²) in [4.78, 5) is 15.9. The molecular weight excluding hydrogens is 309 g/mol. The Morgan fingerprint density at radius 2 is 2.13 bits per heavy atom. The molecule has 1 aromatic carbocycles. The lowest BCUT2D eigenvalue weighted by Gasteiger charge is -2.36. The molecule has 1 aliphatic rings. The van der Waals surface area contributed by atoms with Crippen LogP contribution in [0, 0.1) is 0 Å². The molecule has 0 bridgehead atoms. The number of carbonyl (C=O) groups excluding carboxylic acids is 1. The fourth-order valence-electron chi connectivity index (χ4n) is 2.87. The predicted molar refractivity (Wildman–Crippen MR) is 79.6 cm³/mol. The molecule has 1 saturated heterocycles. The van der Waals surface area contributed by atoms with E-state index in [-0.39, 0.29) is 25.1 Å². The van der Waals surface area contributed by atoms with Gasteiger partial charge in [-0.25, -0.2) is 0 Å². The number of nitrogens with zero attached hydrogens (tertiary/aromatic N) is 2. The second-order valence-corrected chi connectivity index (χ2v) is 5.82. The summed E-state index contributed by atoms with van der Waals surface area (Å²) in [5.41, 5.74) is -0.230. The van der Waals surface area contributed by atoms with Crippen LogP contribution in [0.3, 0.4) is 0 Å². The summed E-state index contributed by atoms with van der Waals surface area (Å²) in [6.07, 6.45) is -2.88. The van der Waals surface area contributed by atoms with Crippen LogP contribution in [0.15, 0.2) is 24.3 Å². The van der Waals surface area contributed by atoms with Gasteiger partial charge in [-0.1, -0.05) is 12.1 Å². The average molecular weight is 330 g/mol. The summed E-state index contributed by atoms with van der Waals surface area (Å²) in [5, 5.41) is 8.99. The van der Waals surface area contributed by atoms with Crippen LogP contribution in [0.5, 0.6) is 0 Å². The first-order valence-corrected chi connectivity index (χ1v) is 7.59. The van der Waals surface area contributed by atoms with Gasteiger partial charge in [0.2, 0.25) is 5.91 Å². The maximum absolute atomic E-state index is 12.8. The Kier molecular flexibility index (Phi) is 5.64. The molecule has 23 heavy (non-hydrogen) atoms. The molecule has 1 aromatic rings. The maximum Gasteiger partial charge on any atom is 0.416 e. The van der Waals surface area contributed by atoms with Gasteiger partial charge in [0.05, 0.1) is 18.2 Å². The number of halogens is 3. The van der Waals surface area contributed by atoms with Crippen LogP contribution in [0.1, 0.15) is 24.0 Å². The van der Waals surface area contributed by atoms with E-state index in [9.17, 15) is 18.0 Å². The lowest BCUT2D eigenvalue weighted by molar-refractivity contribution is -0.140. The summed E-state index contributed by atoms with van der Waals surface area (Å²) in [7, 11) is 1.77. The van der Waals surface area contributed by atoms with E-state index in [2.05, 4.69) is 0 Å². The van der Waals surface area contributed by atoms with Crippen molar-refractivity contribution >= 4 is 5.91 Å². The molecular formula is C16H21F3N2O2. The van der Waals surface area contributed by atoms with Gasteiger partial charge >= 0.3 is 6.18 Å². The van der Waals surface area contributed by atoms with Gasteiger partial charge < -0.3 is 10.0 Å². The Bertz CT molecular complexity index is 548. The summed E-state index contributed by atoms with van der Waals surface area (Å²) in [5.74, 6) is -0.0930. The van der Waals surface area contributed by atoms with Crippen molar-refractivity contribution in [3.8, 4) is 0 Å². The molecule has 4 nitrogen and oxygen atoms in total. The van der Waals surface area contributed by atoms with Crippen LogP contribution in [0.4, 0.5) is 13.2 Å². The zero-order valence-corrected chi connectivity index (χ0v) is 13.0. The molecule has 0 saturated carbocycles. The van der Waals surface area contributed by atoms with Crippen LogP contribution in [0.2, 0.25) is 0 Å². The van der Waals surface area contributed by atoms with Crippen molar-refractivity contribution in [2.24, 2.45) is 0 Å². The number of likely N-dealkylation sites (N-methyl/N-ethyl adjacent to an activating group) is 1. The second kappa shape index (κ2) is 7.31. The highest BCUT2D eigenvalue weighted by atomic mass is 19.4. The van der Waals surface area contributed by atoms with E-state index in [1.807, 2.05) is 0 Å².